The number of hydrogen-bond donors (Lipinski definition) is 0. The predicted octanol–water partition coefficient (Wildman–Crippen LogP) is 14.7. The van der Waals surface area contributed by atoms with E-state index in [-0.39, 0.29) is 0 Å². The van der Waals surface area contributed by atoms with E-state index >= 15 is 0 Å². The van der Waals surface area contributed by atoms with Gasteiger partial charge in [0.2, 0.25) is 0 Å². The molecule has 292 valence electrons. The smallest absolute Gasteiger partial charge is 0.164 e. The minimum absolute atomic E-state index is 0.423. The third kappa shape index (κ3) is 4.79. The second-order valence-corrected chi connectivity index (χ2v) is 16.6. The maximum absolute atomic E-state index is 6.21. The minimum atomic E-state index is -0.423. The van der Waals surface area contributed by atoms with E-state index in [1.54, 1.807) is 0 Å². The molecule has 14 rings (SSSR count). The Morgan fingerprint density at radius 1 is 0.286 bits per heavy atom. The molecule has 3 aromatic heterocycles. The van der Waals surface area contributed by atoms with Crippen molar-refractivity contribution in [2.75, 3.05) is 0 Å². The second kappa shape index (κ2) is 12.8. The molecule has 5 heteroatoms. The molecule has 0 radical (unpaired) electrons. The highest BCUT2D eigenvalue weighted by atomic mass is 16.3. The average molecular weight is 804 g/mol. The van der Waals surface area contributed by atoms with Crippen LogP contribution in [0.25, 0.3) is 111 Å². The lowest BCUT2D eigenvalue weighted by atomic mass is 9.70. The molecule has 9 aromatic carbocycles. The van der Waals surface area contributed by atoms with Crippen LogP contribution in [0, 0.1) is 0 Å². The molecular formula is C58H33N3O2. The monoisotopic (exact) mass is 803 g/mol. The third-order valence-corrected chi connectivity index (χ3v) is 13.4. The molecule has 0 aliphatic heterocycles. The fourth-order valence-corrected chi connectivity index (χ4v) is 10.7. The van der Waals surface area contributed by atoms with Crippen molar-refractivity contribution in [2.24, 2.45) is 0 Å². The SMILES string of the molecule is c1cc(-c2nc(-c3ccc4oc5ccccc5c4c3)nc(-c3ccc4oc5ccccc5c4c3)n2)cc(-c2cccc3c2-c2ccccc2C32c3ccccc3-c3ccccc32)c1. The largest absolute Gasteiger partial charge is 0.456 e. The summed E-state index contributed by atoms with van der Waals surface area (Å²) in [6.45, 7) is 0. The number of hydrogen-bond acceptors (Lipinski definition) is 5. The van der Waals surface area contributed by atoms with Gasteiger partial charge in [0.25, 0.3) is 0 Å². The first-order valence-electron chi connectivity index (χ1n) is 21.3. The van der Waals surface area contributed by atoms with Crippen LogP contribution in [0.2, 0.25) is 0 Å². The van der Waals surface area contributed by atoms with E-state index in [2.05, 4.69) is 140 Å². The first-order chi connectivity index (χ1) is 31.2. The van der Waals surface area contributed by atoms with E-state index in [1.165, 1.54) is 50.1 Å². The normalized spacial score (nSPS) is 13.2. The molecule has 0 saturated heterocycles. The summed E-state index contributed by atoms with van der Waals surface area (Å²) in [6, 6.07) is 71.0. The van der Waals surface area contributed by atoms with Crippen LogP contribution in [0.15, 0.2) is 209 Å². The van der Waals surface area contributed by atoms with Crippen molar-refractivity contribution in [3.63, 3.8) is 0 Å². The van der Waals surface area contributed by atoms with Gasteiger partial charge in [0.05, 0.1) is 5.41 Å². The quantitative estimate of drug-likeness (QED) is 0.177. The number of fused-ring (bicyclic) bond motifs is 16. The van der Waals surface area contributed by atoms with Crippen molar-refractivity contribution in [2.45, 2.75) is 5.41 Å². The summed E-state index contributed by atoms with van der Waals surface area (Å²) >= 11 is 0. The number of nitrogens with zero attached hydrogens (tertiary/aromatic N) is 3. The number of aromatic nitrogens is 3. The summed E-state index contributed by atoms with van der Waals surface area (Å²) < 4.78 is 12.4. The Labute approximate surface area is 361 Å². The molecule has 0 saturated carbocycles. The summed E-state index contributed by atoms with van der Waals surface area (Å²) in [5, 5.41) is 4.14. The average Bonchev–Trinajstić information content (AvgIpc) is 4.09. The van der Waals surface area contributed by atoms with Crippen molar-refractivity contribution >= 4 is 43.9 Å². The molecular weight excluding hydrogens is 771 g/mol. The van der Waals surface area contributed by atoms with Gasteiger partial charge in [-0.15, -0.1) is 0 Å². The summed E-state index contributed by atoms with van der Waals surface area (Å²) in [6.07, 6.45) is 0. The van der Waals surface area contributed by atoms with E-state index in [1.807, 2.05) is 60.7 Å². The van der Waals surface area contributed by atoms with Crippen LogP contribution < -0.4 is 0 Å². The zero-order valence-corrected chi connectivity index (χ0v) is 33.7. The molecule has 0 N–H and O–H groups in total. The molecule has 0 atom stereocenters. The Morgan fingerprint density at radius 2 is 0.698 bits per heavy atom. The summed E-state index contributed by atoms with van der Waals surface area (Å²) in [7, 11) is 0. The van der Waals surface area contributed by atoms with Gasteiger partial charge in [0.1, 0.15) is 22.3 Å². The molecule has 1 spiro atoms. The Hall–Kier alpha value is -8.41. The lowest BCUT2D eigenvalue weighted by Gasteiger charge is -2.30. The molecule has 0 unspecified atom stereocenters. The molecule has 12 aromatic rings. The summed E-state index contributed by atoms with van der Waals surface area (Å²) in [5.41, 5.74) is 18.2. The van der Waals surface area contributed by atoms with Crippen LogP contribution >= 0.6 is 0 Å². The van der Waals surface area contributed by atoms with E-state index in [0.717, 1.165) is 66.1 Å². The topological polar surface area (TPSA) is 65.0 Å². The fraction of sp³-hybridized carbons (Fsp3) is 0.0172. The highest BCUT2D eigenvalue weighted by molar-refractivity contribution is 6.07. The Bertz CT molecular complexity index is 3720. The highest BCUT2D eigenvalue weighted by Crippen LogP contribution is 2.64. The number of para-hydroxylation sites is 2. The zero-order valence-electron chi connectivity index (χ0n) is 33.7. The molecule has 5 nitrogen and oxygen atoms in total. The minimum Gasteiger partial charge on any atom is -0.456 e. The van der Waals surface area contributed by atoms with Crippen molar-refractivity contribution < 1.29 is 8.83 Å². The van der Waals surface area contributed by atoms with Gasteiger partial charge in [-0.1, -0.05) is 146 Å². The number of rotatable bonds is 4. The van der Waals surface area contributed by atoms with Gasteiger partial charge < -0.3 is 8.83 Å². The van der Waals surface area contributed by atoms with Gasteiger partial charge in [0.15, 0.2) is 17.5 Å². The van der Waals surface area contributed by atoms with Gasteiger partial charge in [-0.25, -0.2) is 15.0 Å². The van der Waals surface area contributed by atoms with Crippen LogP contribution in [-0.4, -0.2) is 15.0 Å². The van der Waals surface area contributed by atoms with Crippen LogP contribution in [0.5, 0.6) is 0 Å². The number of furan rings is 2. The lowest BCUT2D eigenvalue weighted by molar-refractivity contribution is 0.668. The first kappa shape index (κ1) is 34.3. The van der Waals surface area contributed by atoms with Crippen LogP contribution in [0.1, 0.15) is 22.3 Å². The van der Waals surface area contributed by atoms with Gasteiger partial charge in [0, 0.05) is 38.2 Å². The Morgan fingerprint density at radius 3 is 1.29 bits per heavy atom. The van der Waals surface area contributed by atoms with Crippen LogP contribution in [-0.2, 0) is 5.41 Å². The molecule has 2 aliphatic rings. The fourth-order valence-electron chi connectivity index (χ4n) is 10.7. The van der Waals surface area contributed by atoms with E-state index in [9.17, 15) is 0 Å². The molecule has 0 fully saturated rings. The Kier molecular flexibility index (Phi) is 6.97. The second-order valence-electron chi connectivity index (χ2n) is 16.6. The predicted molar refractivity (Wildman–Crippen MR) is 252 cm³/mol. The first-order valence-corrected chi connectivity index (χ1v) is 21.3. The molecule has 3 heterocycles. The van der Waals surface area contributed by atoms with E-state index in [0.29, 0.717) is 17.5 Å². The maximum Gasteiger partial charge on any atom is 0.164 e. The molecule has 0 bridgehead atoms. The van der Waals surface area contributed by atoms with Crippen LogP contribution in [0.3, 0.4) is 0 Å². The maximum atomic E-state index is 6.21. The zero-order chi connectivity index (χ0) is 41.2. The third-order valence-electron chi connectivity index (χ3n) is 13.4. The van der Waals surface area contributed by atoms with Crippen molar-refractivity contribution in [3.8, 4) is 67.5 Å². The standard InChI is InChI=1S/C58H33N3O2/c1-6-21-46-39(15-1)40-16-2-7-22-47(40)58(46)48-23-8-3-19-43(48)54-38(20-12-24-49(54)58)34-13-11-14-35(31-34)55-59-56(36-27-29-52-44(32-36)41-17-4-9-25-50(41)62-52)61-57(60-55)37-28-30-53-45(33-37)42-18-5-10-26-51(42)63-53/h1-33H. The van der Waals surface area contributed by atoms with E-state index < -0.39 is 5.41 Å². The highest BCUT2D eigenvalue weighted by Gasteiger charge is 2.51. The summed E-state index contributed by atoms with van der Waals surface area (Å²) in [5.74, 6) is 1.76. The van der Waals surface area contributed by atoms with Gasteiger partial charge in [-0.3, -0.25) is 0 Å². The van der Waals surface area contributed by atoms with Gasteiger partial charge in [-0.05, 0) is 110 Å². The molecule has 63 heavy (non-hydrogen) atoms. The lowest BCUT2D eigenvalue weighted by Crippen LogP contribution is -2.25. The van der Waals surface area contributed by atoms with E-state index in [4.69, 9.17) is 23.8 Å². The number of benzene rings is 9. The molecule has 0 amide bonds. The van der Waals surface area contributed by atoms with Gasteiger partial charge >= 0.3 is 0 Å². The van der Waals surface area contributed by atoms with Crippen molar-refractivity contribution in [3.05, 3.63) is 222 Å². The van der Waals surface area contributed by atoms with Crippen molar-refractivity contribution in [1.29, 1.82) is 0 Å². The molecule has 2 aliphatic carbocycles. The van der Waals surface area contributed by atoms with Crippen molar-refractivity contribution in [1.82, 2.24) is 15.0 Å². The summed E-state index contributed by atoms with van der Waals surface area (Å²) in [4.78, 5) is 15.7. The Balaban J connectivity index is 0.968. The van der Waals surface area contributed by atoms with Crippen LogP contribution in [0.4, 0.5) is 0 Å². The van der Waals surface area contributed by atoms with Gasteiger partial charge in [-0.2, -0.15) is 0 Å².